The summed E-state index contributed by atoms with van der Waals surface area (Å²) in [4.78, 5) is 9.83. The van der Waals surface area contributed by atoms with Gasteiger partial charge in [0.15, 0.2) is 0 Å². The fourth-order valence-corrected chi connectivity index (χ4v) is 4.17. The van der Waals surface area contributed by atoms with Gasteiger partial charge in [0.25, 0.3) is 0 Å². The largest absolute Gasteiger partial charge is 0.383 e. The number of benzene rings is 1. The van der Waals surface area contributed by atoms with Crippen LogP contribution in [0, 0.1) is 6.92 Å². The Morgan fingerprint density at radius 2 is 2.00 bits per heavy atom. The maximum Gasteiger partial charge on any atom is 0.140 e. The molecule has 1 unspecified atom stereocenters. The maximum atomic E-state index is 12.8. The van der Waals surface area contributed by atoms with Gasteiger partial charge in [-0.15, -0.1) is 0 Å². The molecule has 1 fully saturated rings. The first-order chi connectivity index (χ1) is 12.5. The second-order valence-electron chi connectivity index (χ2n) is 6.40. The Kier molecular flexibility index (Phi) is 4.37. The van der Waals surface area contributed by atoms with E-state index < -0.39 is 10.8 Å². The molecule has 0 bridgehead atoms. The average Bonchev–Trinajstić information content (AvgIpc) is 2.59. The van der Waals surface area contributed by atoms with Gasteiger partial charge in [0.1, 0.15) is 11.6 Å². The molecule has 1 aliphatic heterocycles. The van der Waals surface area contributed by atoms with Gasteiger partial charge in [-0.25, -0.2) is 9.97 Å². The van der Waals surface area contributed by atoms with Crippen LogP contribution >= 0.6 is 0 Å². The van der Waals surface area contributed by atoms with Gasteiger partial charge in [-0.1, -0.05) is 6.07 Å². The third-order valence-corrected chi connectivity index (χ3v) is 6.15. The zero-order valence-electron chi connectivity index (χ0n) is 14.5. The van der Waals surface area contributed by atoms with Crippen LogP contribution in [0.1, 0.15) is 30.1 Å². The molecule has 0 radical (unpaired) electrons. The van der Waals surface area contributed by atoms with Gasteiger partial charge in [-0.3, -0.25) is 4.21 Å². The number of nitrogens with two attached hydrogens (primary N) is 1. The monoisotopic (exact) mass is 369 g/mol. The molecule has 2 atom stereocenters. The van der Waals surface area contributed by atoms with Crippen molar-refractivity contribution in [2.45, 2.75) is 29.9 Å². The Hall–Kier alpha value is -2.45. The first-order valence-corrected chi connectivity index (χ1v) is 9.60. The molecular formula is C18H19N5O2S. The minimum absolute atomic E-state index is 0.000582. The minimum atomic E-state index is -1.19. The smallest absolute Gasteiger partial charge is 0.140 e. The van der Waals surface area contributed by atoms with E-state index in [9.17, 15) is 4.21 Å². The quantitative estimate of drug-likeness (QED) is 0.750. The number of hydrogen-bond acceptors (Lipinski definition) is 7. The van der Waals surface area contributed by atoms with Crippen molar-refractivity contribution in [1.29, 1.82) is 0 Å². The third-order valence-electron chi connectivity index (χ3n) is 4.51. The molecule has 3 aromatic rings. The number of nitrogen functional groups attached to an aromatic ring is 1. The van der Waals surface area contributed by atoms with Crippen molar-refractivity contribution in [3.8, 4) is 0 Å². The van der Waals surface area contributed by atoms with Crippen LogP contribution in [0.3, 0.4) is 0 Å². The number of hydrogen-bond donors (Lipinski definition) is 1. The molecule has 1 aromatic carbocycles. The van der Waals surface area contributed by atoms with Crippen molar-refractivity contribution in [1.82, 2.24) is 20.2 Å². The highest BCUT2D eigenvalue weighted by Crippen LogP contribution is 2.29. The van der Waals surface area contributed by atoms with Crippen molar-refractivity contribution in [3.63, 3.8) is 0 Å². The Labute approximate surface area is 153 Å². The van der Waals surface area contributed by atoms with Gasteiger partial charge in [0.2, 0.25) is 0 Å². The fourth-order valence-electron chi connectivity index (χ4n) is 2.81. The topological polar surface area (TPSA) is 104 Å². The maximum absolute atomic E-state index is 12.8. The lowest BCUT2D eigenvalue weighted by molar-refractivity contribution is 0.0435. The first kappa shape index (κ1) is 17.0. The predicted molar refractivity (Wildman–Crippen MR) is 99.3 cm³/mol. The molecule has 0 spiro atoms. The van der Waals surface area contributed by atoms with Crippen LogP contribution in [-0.2, 0) is 15.5 Å². The van der Waals surface area contributed by atoms with Crippen molar-refractivity contribution in [2.75, 3.05) is 18.9 Å². The molecule has 8 heteroatoms. The van der Waals surface area contributed by atoms with Crippen LogP contribution in [-0.4, -0.2) is 42.8 Å². The van der Waals surface area contributed by atoms with Crippen molar-refractivity contribution < 1.29 is 8.95 Å². The number of aryl methyl sites for hydroxylation is 1. The molecule has 134 valence electrons. The number of aromatic nitrogens is 4. The van der Waals surface area contributed by atoms with Gasteiger partial charge in [-0.05, 0) is 38.1 Å². The summed E-state index contributed by atoms with van der Waals surface area (Å²) < 4.78 is 18.0. The first-order valence-electron chi connectivity index (χ1n) is 8.39. The molecule has 4 rings (SSSR count). The highest BCUT2D eigenvalue weighted by molar-refractivity contribution is 7.86. The van der Waals surface area contributed by atoms with Crippen LogP contribution in [0.2, 0.25) is 0 Å². The summed E-state index contributed by atoms with van der Waals surface area (Å²) in [7, 11) is -1.19. The van der Waals surface area contributed by atoms with Gasteiger partial charge >= 0.3 is 0 Å². The standard InChI is InChI=1S/C18H19N5O2S/c1-10-6-7-14(23-22-10)11(2)18-20-16-13(17(19)21-18)4-3-5-15(16)26(24)12-8-25-9-12/h3-7,11-12H,8-9H2,1-2H3,(H2,19,20,21)/t11-,26?/m1/s1. The summed E-state index contributed by atoms with van der Waals surface area (Å²) in [5.41, 5.74) is 8.42. The molecule has 2 N–H and O–H groups in total. The van der Waals surface area contributed by atoms with Crippen LogP contribution in [0.15, 0.2) is 35.2 Å². The van der Waals surface area contributed by atoms with Gasteiger partial charge in [0.05, 0.1) is 57.0 Å². The van der Waals surface area contributed by atoms with E-state index in [-0.39, 0.29) is 11.2 Å². The van der Waals surface area contributed by atoms with Gasteiger partial charge < -0.3 is 10.5 Å². The Balaban J connectivity index is 1.81. The fraction of sp³-hybridized carbons (Fsp3) is 0.333. The molecular weight excluding hydrogens is 350 g/mol. The van der Waals surface area contributed by atoms with Crippen LogP contribution in [0.5, 0.6) is 0 Å². The Bertz CT molecular complexity index is 989. The summed E-state index contributed by atoms with van der Waals surface area (Å²) in [6.07, 6.45) is 0. The van der Waals surface area contributed by atoms with E-state index in [1.54, 1.807) is 0 Å². The average molecular weight is 369 g/mol. The number of anilines is 1. The second-order valence-corrected chi connectivity index (χ2v) is 8.10. The zero-order valence-corrected chi connectivity index (χ0v) is 15.4. The van der Waals surface area contributed by atoms with E-state index in [4.69, 9.17) is 15.5 Å². The SMILES string of the molecule is Cc1ccc([C@@H](C)c2nc(N)c3cccc(S(=O)C4COC4)c3n2)nn1. The molecule has 1 aliphatic rings. The van der Waals surface area contributed by atoms with Crippen molar-refractivity contribution >= 4 is 27.5 Å². The van der Waals surface area contributed by atoms with Crippen LogP contribution in [0.25, 0.3) is 10.9 Å². The second kappa shape index (κ2) is 6.69. The predicted octanol–water partition coefficient (Wildman–Crippen LogP) is 1.97. The summed E-state index contributed by atoms with van der Waals surface area (Å²) in [5, 5.41) is 9.03. The Morgan fingerprint density at radius 1 is 1.19 bits per heavy atom. The molecule has 1 saturated heterocycles. The summed E-state index contributed by atoms with van der Waals surface area (Å²) in [6, 6.07) is 9.34. The van der Waals surface area contributed by atoms with Crippen molar-refractivity contribution in [2.24, 2.45) is 0 Å². The van der Waals surface area contributed by atoms with E-state index in [0.29, 0.717) is 40.7 Å². The van der Waals surface area contributed by atoms with Crippen LogP contribution < -0.4 is 5.73 Å². The molecule has 3 heterocycles. The molecule has 7 nitrogen and oxygen atoms in total. The number of rotatable bonds is 4. The zero-order chi connectivity index (χ0) is 18.3. The third kappa shape index (κ3) is 2.95. The lowest BCUT2D eigenvalue weighted by Crippen LogP contribution is -2.37. The van der Waals surface area contributed by atoms with E-state index in [0.717, 1.165) is 11.4 Å². The summed E-state index contributed by atoms with van der Waals surface area (Å²) >= 11 is 0. The highest BCUT2D eigenvalue weighted by Gasteiger charge is 2.28. The number of fused-ring (bicyclic) bond motifs is 1. The molecule has 26 heavy (non-hydrogen) atoms. The number of ether oxygens (including phenoxy) is 1. The van der Waals surface area contributed by atoms with Crippen LogP contribution in [0.4, 0.5) is 5.82 Å². The minimum Gasteiger partial charge on any atom is -0.383 e. The van der Waals surface area contributed by atoms with E-state index in [2.05, 4.69) is 15.2 Å². The summed E-state index contributed by atoms with van der Waals surface area (Å²) in [6.45, 7) is 4.86. The number of nitrogens with zero attached hydrogens (tertiary/aromatic N) is 4. The normalized spacial score (nSPS) is 17.0. The van der Waals surface area contributed by atoms with E-state index >= 15 is 0 Å². The Morgan fingerprint density at radius 3 is 2.65 bits per heavy atom. The van der Waals surface area contributed by atoms with E-state index in [1.165, 1.54) is 0 Å². The molecule has 0 aliphatic carbocycles. The molecule has 0 saturated carbocycles. The van der Waals surface area contributed by atoms with E-state index in [1.807, 2.05) is 44.2 Å². The van der Waals surface area contributed by atoms with Crippen molar-refractivity contribution in [3.05, 3.63) is 47.5 Å². The number of para-hydroxylation sites is 1. The lowest BCUT2D eigenvalue weighted by atomic mass is 10.1. The lowest BCUT2D eigenvalue weighted by Gasteiger charge is -2.25. The highest BCUT2D eigenvalue weighted by atomic mass is 32.2. The molecule has 0 amide bonds. The van der Waals surface area contributed by atoms with Gasteiger partial charge in [-0.2, -0.15) is 10.2 Å². The summed E-state index contributed by atoms with van der Waals surface area (Å²) in [5.74, 6) is 0.742. The van der Waals surface area contributed by atoms with Gasteiger partial charge in [0, 0.05) is 5.39 Å². The molecule has 2 aromatic heterocycles.